The summed E-state index contributed by atoms with van der Waals surface area (Å²) in [6.07, 6.45) is 1.03. The Balaban J connectivity index is 3.33. The number of hydrogen-bond acceptors (Lipinski definition) is 5. The van der Waals surface area contributed by atoms with Crippen LogP contribution in [0.15, 0.2) is 23.1 Å². The summed E-state index contributed by atoms with van der Waals surface area (Å²) in [5.74, 6) is -1.47. The van der Waals surface area contributed by atoms with Gasteiger partial charge in [0.05, 0.1) is 17.6 Å². The molecule has 0 spiro atoms. The maximum atomic E-state index is 12.7. The smallest absolute Gasteiger partial charge is 0.323 e. The highest BCUT2D eigenvalue weighted by atomic mass is 32.2. The molecule has 0 unspecified atom stereocenters. The van der Waals surface area contributed by atoms with E-state index in [1.54, 1.807) is 0 Å². The van der Waals surface area contributed by atoms with Crippen LogP contribution in [0.25, 0.3) is 0 Å². The zero-order valence-corrected chi connectivity index (χ0v) is 14.4. The van der Waals surface area contributed by atoms with Crippen LogP contribution in [0.4, 0.5) is 0 Å². The molecule has 23 heavy (non-hydrogen) atoms. The van der Waals surface area contributed by atoms with Gasteiger partial charge in [-0.15, -0.1) is 0 Å². The highest BCUT2D eigenvalue weighted by Gasteiger charge is 2.24. The summed E-state index contributed by atoms with van der Waals surface area (Å²) in [4.78, 5) is 24.8. The molecule has 1 aromatic carbocycles. The molecule has 1 amide bonds. The molecule has 0 aliphatic carbocycles. The number of carbonyl (C=O) groups is 2. The zero-order valence-electron chi connectivity index (χ0n) is 13.6. The molecular formula is C15H21NO6S. The fourth-order valence-electron chi connectivity index (χ4n) is 2.08. The van der Waals surface area contributed by atoms with Crippen LogP contribution >= 0.6 is 0 Å². The Morgan fingerprint density at radius 1 is 1.30 bits per heavy atom. The van der Waals surface area contributed by atoms with Crippen LogP contribution in [0.2, 0.25) is 0 Å². The fourth-order valence-corrected chi connectivity index (χ4v) is 2.73. The standard InChI is InChI=1S/C15H21NO6S/c1-10(2)8-16(9-14(17)18)15(19)12-7-11(23(4,20)21)5-6-13(12)22-3/h5-7,10H,8-9H2,1-4H3,(H,17,18). The van der Waals surface area contributed by atoms with Crippen molar-refractivity contribution in [2.24, 2.45) is 5.92 Å². The number of hydrogen-bond donors (Lipinski definition) is 1. The lowest BCUT2D eigenvalue weighted by Gasteiger charge is -2.23. The molecule has 0 aliphatic rings. The van der Waals surface area contributed by atoms with E-state index in [1.165, 1.54) is 25.3 Å². The molecule has 1 aromatic rings. The van der Waals surface area contributed by atoms with Crippen molar-refractivity contribution in [2.75, 3.05) is 26.5 Å². The molecule has 8 heteroatoms. The second-order valence-electron chi connectivity index (χ2n) is 5.61. The molecule has 1 N–H and O–H groups in total. The molecule has 0 saturated carbocycles. The van der Waals surface area contributed by atoms with Crippen molar-refractivity contribution in [3.63, 3.8) is 0 Å². The van der Waals surface area contributed by atoms with Gasteiger partial charge >= 0.3 is 5.97 Å². The molecule has 128 valence electrons. The number of carbonyl (C=O) groups excluding carboxylic acids is 1. The molecule has 0 atom stereocenters. The molecule has 0 aliphatic heterocycles. The monoisotopic (exact) mass is 343 g/mol. The average molecular weight is 343 g/mol. The van der Waals surface area contributed by atoms with Crippen LogP contribution in [0.1, 0.15) is 24.2 Å². The molecule has 0 heterocycles. The van der Waals surface area contributed by atoms with Gasteiger partial charge in [-0.05, 0) is 24.1 Å². The van der Waals surface area contributed by atoms with Crippen molar-refractivity contribution >= 4 is 21.7 Å². The van der Waals surface area contributed by atoms with E-state index >= 15 is 0 Å². The van der Waals surface area contributed by atoms with Gasteiger partial charge in [0, 0.05) is 12.8 Å². The van der Waals surface area contributed by atoms with Crippen molar-refractivity contribution in [2.45, 2.75) is 18.7 Å². The Morgan fingerprint density at radius 2 is 1.91 bits per heavy atom. The van der Waals surface area contributed by atoms with Gasteiger partial charge in [0.25, 0.3) is 5.91 Å². The van der Waals surface area contributed by atoms with E-state index in [2.05, 4.69) is 0 Å². The molecule has 0 bridgehead atoms. The second kappa shape index (κ2) is 7.45. The molecule has 1 rings (SSSR count). The minimum Gasteiger partial charge on any atom is -0.496 e. The van der Waals surface area contributed by atoms with Crippen LogP contribution in [-0.2, 0) is 14.6 Å². The number of nitrogens with zero attached hydrogens (tertiary/aromatic N) is 1. The summed E-state index contributed by atoms with van der Waals surface area (Å²) < 4.78 is 28.5. The minimum atomic E-state index is -3.50. The first-order valence-electron chi connectivity index (χ1n) is 6.95. The normalized spacial score (nSPS) is 11.3. The lowest BCUT2D eigenvalue weighted by molar-refractivity contribution is -0.137. The summed E-state index contributed by atoms with van der Waals surface area (Å²) in [5.41, 5.74) is 0.0253. The lowest BCUT2D eigenvalue weighted by atomic mass is 10.1. The molecular weight excluding hydrogens is 322 g/mol. The van der Waals surface area contributed by atoms with E-state index < -0.39 is 28.3 Å². The number of aliphatic carboxylic acids is 1. The third-order valence-corrected chi connectivity index (χ3v) is 4.14. The Morgan fingerprint density at radius 3 is 2.35 bits per heavy atom. The summed E-state index contributed by atoms with van der Waals surface area (Å²) in [6.45, 7) is 3.47. The van der Waals surface area contributed by atoms with Crippen LogP contribution in [0.3, 0.4) is 0 Å². The van der Waals surface area contributed by atoms with Gasteiger partial charge in [0.1, 0.15) is 12.3 Å². The number of benzene rings is 1. The van der Waals surface area contributed by atoms with Crippen molar-refractivity contribution in [3.8, 4) is 5.75 Å². The van der Waals surface area contributed by atoms with Gasteiger partial charge < -0.3 is 14.7 Å². The van der Waals surface area contributed by atoms with Crippen LogP contribution in [0, 0.1) is 5.92 Å². The SMILES string of the molecule is COc1ccc(S(C)(=O)=O)cc1C(=O)N(CC(=O)O)CC(C)C. The van der Waals surface area contributed by atoms with Crippen molar-refractivity contribution in [3.05, 3.63) is 23.8 Å². The summed E-state index contributed by atoms with van der Waals surface area (Å²) in [6, 6.07) is 3.94. The largest absolute Gasteiger partial charge is 0.496 e. The van der Waals surface area contributed by atoms with Crippen LogP contribution < -0.4 is 4.74 Å². The summed E-state index contributed by atoms with van der Waals surface area (Å²) >= 11 is 0. The number of carboxylic acid groups (broad SMARTS) is 1. The Labute approximate surface area is 135 Å². The van der Waals surface area contributed by atoms with Gasteiger partial charge in [-0.1, -0.05) is 13.8 Å². The third-order valence-electron chi connectivity index (χ3n) is 3.03. The predicted molar refractivity (Wildman–Crippen MR) is 84.5 cm³/mol. The number of rotatable bonds is 7. The van der Waals surface area contributed by atoms with Gasteiger partial charge in [-0.2, -0.15) is 0 Å². The third kappa shape index (κ3) is 5.24. The highest BCUT2D eigenvalue weighted by Crippen LogP contribution is 2.24. The van der Waals surface area contributed by atoms with Crippen LogP contribution in [0.5, 0.6) is 5.75 Å². The first kappa shape index (κ1) is 19.0. The quantitative estimate of drug-likeness (QED) is 0.800. The number of methoxy groups -OCH3 is 1. The Hall–Kier alpha value is -2.09. The Bertz CT molecular complexity index is 696. The Kier molecular flexibility index (Phi) is 6.14. The van der Waals surface area contributed by atoms with E-state index in [4.69, 9.17) is 9.84 Å². The average Bonchev–Trinajstić information content (AvgIpc) is 2.43. The van der Waals surface area contributed by atoms with Gasteiger partial charge in [-0.3, -0.25) is 9.59 Å². The van der Waals surface area contributed by atoms with Crippen molar-refractivity contribution < 1.29 is 27.9 Å². The maximum Gasteiger partial charge on any atom is 0.323 e. The lowest BCUT2D eigenvalue weighted by Crippen LogP contribution is -2.38. The molecule has 7 nitrogen and oxygen atoms in total. The van der Waals surface area contributed by atoms with Gasteiger partial charge in [0.2, 0.25) is 0 Å². The van der Waals surface area contributed by atoms with E-state index in [9.17, 15) is 18.0 Å². The first-order valence-corrected chi connectivity index (χ1v) is 8.84. The zero-order chi connectivity index (χ0) is 17.8. The topological polar surface area (TPSA) is 101 Å². The van der Waals surface area contributed by atoms with E-state index in [-0.39, 0.29) is 28.7 Å². The molecule has 0 radical (unpaired) electrons. The fraction of sp³-hybridized carbons (Fsp3) is 0.467. The molecule has 0 fully saturated rings. The van der Waals surface area contributed by atoms with Crippen molar-refractivity contribution in [1.29, 1.82) is 0 Å². The number of carboxylic acids is 1. The van der Waals surface area contributed by atoms with Gasteiger partial charge in [0.15, 0.2) is 9.84 Å². The summed E-state index contributed by atoms with van der Waals surface area (Å²) in [7, 11) is -2.14. The summed E-state index contributed by atoms with van der Waals surface area (Å²) in [5, 5.41) is 8.98. The van der Waals surface area contributed by atoms with E-state index in [1.807, 2.05) is 13.8 Å². The van der Waals surface area contributed by atoms with Gasteiger partial charge in [-0.25, -0.2) is 8.42 Å². The highest BCUT2D eigenvalue weighted by molar-refractivity contribution is 7.90. The van der Waals surface area contributed by atoms with Crippen LogP contribution in [-0.4, -0.2) is 56.8 Å². The molecule has 0 saturated heterocycles. The number of amides is 1. The maximum absolute atomic E-state index is 12.7. The predicted octanol–water partition coefficient (Wildman–Crippen LogP) is 1.28. The molecule has 0 aromatic heterocycles. The van der Waals surface area contributed by atoms with E-state index in [0.717, 1.165) is 11.2 Å². The van der Waals surface area contributed by atoms with E-state index in [0.29, 0.717) is 0 Å². The van der Waals surface area contributed by atoms with Crippen molar-refractivity contribution in [1.82, 2.24) is 4.90 Å². The number of sulfone groups is 1. The number of ether oxygens (including phenoxy) is 1. The minimum absolute atomic E-state index is 0.0253. The second-order valence-corrected chi connectivity index (χ2v) is 7.62. The first-order chi connectivity index (χ1) is 10.6.